The van der Waals surface area contributed by atoms with Crippen LogP contribution in [0.15, 0.2) is 41.0 Å². The van der Waals surface area contributed by atoms with E-state index in [1.807, 2.05) is 12.1 Å². The van der Waals surface area contributed by atoms with Gasteiger partial charge in [-0.3, -0.25) is 4.79 Å². The Morgan fingerprint density at radius 2 is 2.24 bits per heavy atom. The molecule has 0 spiro atoms. The van der Waals surface area contributed by atoms with Crippen molar-refractivity contribution in [3.05, 3.63) is 52.9 Å². The van der Waals surface area contributed by atoms with Gasteiger partial charge in [0.25, 0.3) is 5.91 Å². The number of hydrogen-bond donors (Lipinski definition) is 2. The summed E-state index contributed by atoms with van der Waals surface area (Å²) in [5.41, 5.74) is 6.57. The molecular weight excluding hydrogens is 292 g/mol. The molecule has 0 atom stereocenters. The lowest BCUT2D eigenvalue weighted by Crippen LogP contribution is -2.25. The Bertz CT molecular complexity index is 564. The van der Waals surface area contributed by atoms with Crippen molar-refractivity contribution in [1.82, 2.24) is 5.32 Å². The van der Waals surface area contributed by atoms with Crippen molar-refractivity contribution >= 4 is 23.2 Å². The molecule has 2 aromatic rings. The van der Waals surface area contributed by atoms with Gasteiger partial charge in [0.2, 0.25) is 0 Å². The maximum atomic E-state index is 11.9. The van der Waals surface area contributed by atoms with Gasteiger partial charge in [-0.25, -0.2) is 0 Å². The summed E-state index contributed by atoms with van der Waals surface area (Å²) >= 11 is 5.86. The molecule has 3 N–H and O–H groups in total. The number of anilines is 1. The number of ether oxygens (including phenoxy) is 1. The van der Waals surface area contributed by atoms with E-state index in [0.29, 0.717) is 42.5 Å². The van der Waals surface area contributed by atoms with Crippen LogP contribution < -0.4 is 11.1 Å². The fraction of sp³-hybridized carbons (Fsp3) is 0.267. The molecule has 1 heterocycles. The van der Waals surface area contributed by atoms with Crippen LogP contribution >= 0.6 is 11.6 Å². The average Bonchev–Trinajstić information content (AvgIpc) is 2.94. The van der Waals surface area contributed by atoms with Crippen molar-refractivity contribution in [3.8, 4) is 0 Å². The molecule has 2 rings (SSSR count). The van der Waals surface area contributed by atoms with Crippen molar-refractivity contribution in [2.45, 2.75) is 13.0 Å². The van der Waals surface area contributed by atoms with Gasteiger partial charge in [-0.1, -0.05) is 11.6 Å². The molecule has 21 heavy (non-hydrogen) atoms. The number of furan rings is 1. The summed E-state index contributed by atoms with van der Waals surface area (Å²) in [6.45, 7) is 1.49. The number of carbonyl (C=O) groups excluding carboxylic acids is 1. The number of nitrogens with one attached hydrogen (secondary N) is 1. The van der Waals surface area contributed by atoms with Gasteiger partial charge >= 0.3 is 0 Å². The van der Waals surface area contributed by atoms with E-state index in [9.17, 15) is 4.79 Å². The lowest BCUT2D eigenvalue weighted by molar-refractivity contribution is 0.0917. The first-order valence-electron chi connectivity index (χ1n) is 6.59. The highest BCUT2D eigenvalue weighted by Crippen LogP contribution is 2.16. The van der Waals surface area contributed by atoms with Gasteiger partial charge in [-0.2, -0.15) is 0 Å². The lowest BCUT2D eigenvalue weighted by Gasteiger charge is -2.07. The first kappa shape index (κ1) is 15.4. The number of halogens is 1. The molecular formula is C15H17ClN2O3. The smallest absolute Gasteiger partial charge is 0.251 e. The molecule has 0 fully saturated rings. The Morgan fingerprint density at radius 1 is 1.38 bits per heavy atom. The van der Waals surface area contributed by atoms with E-state index >= 15 is 0 Å². The quantitative estimate of drug-likeness (QED) is 0.609. The van der Waals surface area contributed by atoms with Crippen LogP contribution in [-0.4, -0.2) is 19.1 Å². The van der Waals surface area contributed by atoms with Gasteiger partial charge < -0.3 is 20.2 Å². The molecule has 0 unspecified atom stereocenters. The Balaban J connectivity index is 1.65. The minimum atomic E-state index is -0.199. The fourth-order valence-electron chi connectivity index (χ4n) is 1.79. The predicted octanol–water partition coefficient (Wildman–Crippen LogP) is 2.85. The normalized spacial score (nSPS) is 10.5. The molecule has 112 valence electrons. The van der Waals surface area contributed by atoms with Crippen LogP contribution in [0.2, 0.25) is 5.02 Å². The van der Waals surface area contributed by atoms with Crippen molar-refractivity contribution in [2.24, 2.45) is 0 Å². The summed E-state index contributed by atoms with van der Waals surface area (Å²) in [5.74, 6) is 0.587. The molecule has 6 heteroatoms. The van der Waals surface area contributed by atoms with Gasteiger partial charge in [-0.05, 0) is 36.8 Å². The zero-order chi connectivity index (χ0) is 15.1. The Morgan fingerprint density at radius 3 is 2.95 bits per heavy atom. The molecule has 0 radical (unpaired) electrons. The second-order valence-electron chi connectivity index (χ2n) is 4.51. The summed E-state index contributed by atoms with van der Waals surface area (Å²) in [4.78, 5) is 11.9. The van der Waals surface area contributed by atoms with Crippen LogP contribution in [0.1, 0.15) is 22.5 Å². The Labute approximate surface area is 128 Å². The summed E-state index contributed by atoms with van der Waals surface area (Å²) in [5, 5.41) is 3.24. The number of nitrogen functional groups attached to an aromatic ring is 1. The topological polar surface area (TPSA) is 77.5 Å². The molecule has 0 aliphatic heterocycles. The van der Waals surface area contributed by atoms with E-state index in [4.69, 9.17) is 26.5 Å². The zero-order valence-electron chi connectivity index (χ0n) is 11.5. The van der Waals surface area contributed by atoms with Gasteiger partial charge in [0.05, 0.1) is 6.26 Å². The molecule has 1 aromatic heterocycles. The van der Waals surface area contributed by atoms with E-state index in [1.54, 1.807) is 24.5 Å². The van der Waals surface area contributed by atoms with Crippen LogP contribution in [0.5, 0.6) is 0 Å². The van der Waals surface area contributed by atoms with Crippen molar-refractivity contribution in [1.29, 1.82) is 0 Å². The number of benzene rings is 1. The number of rotatable bonds is 7. The minimum Gasteiger partial charge on any atom is -0.467 e. The molecule has 0 bridgehead atoms. The lowest BCUT2D eigenvalue weighted by atomic mass is 10.2. The predicted molar refractivity (Wildman–Crippen MR) is 81.2 cm³/mol. The highest BCUT2D eigenvalue weighted by molar-refractivity contribution is 6.31. The van der Waals surface area contributed by atoms with Gasteiger partial charge in [-0.15, -0.1) is 0 Å². The van der Waals surface area contributed by atoms with E-state index in [1.165, 1.54) is 0 Å². The number of hydrogen-bond acceptors (Lipinski definition) is 4. The fourth-order valence-corrected chi connectivity index (χ4v) is 2.03. The summed E-state index contributed by atoms with van der Waals surface area (Å²) in [6, 6.07) is 8.44. The molecule has 0 saturated heterocycles. The SMILES string of the molecule is Nc1cc(Cl)cc(C(=O)NCCCOCc2ccco2)c1. The van der Waals surface area contributed by atoms with E-state index in [2.05, 4.69) is 5.32 Å². The molecule has 0 aliphatic carbocycles. The van der Waals surface area contributed by atoms with Gasteiger partial charge in [0, 0.05) is 29.4 Å². The first-order valence-corrected chi connectivity index (χ1v) is 6.97. The highest BCUT2D eigenvalue weighted by Gasteiger charge is 2.06. The summed E-state index contributed by atoms with van der Waals surface area (Å²) < 4.78 is 10.6. The Kier molecular flexibility index (Phi) is 5.66. The largest absolute Gasteiger partial charge is 0.467 e. The molecule has 5 nitrogen and oxygen atoms in total. The van der Waals surface area contributed by atoms with E-state index < -0.39 is 0 Å². The van der Waals surface area contributed by atoms with Gasteiger partial charge in [0.1, 0.15) is 12.4 Å². The minimum absolute atomic E-state index is 0.199. The highest BCUT2D eigenvalue weighted by atomic mass is 35.5. The molecule has 1 amide bonds. The van der Waals surface area contributed by atoms with Crippen LogP contribution in [0.25, 0.3) is 0 Å². The van der Waals surface area contributed by atoms with Crippen molar-refractivity contribution in [3.63, 3.8) is 0 Å². The van der Waals surface area contributed by atoms with E-state index in [-0.39, 0.29) is 5.91 Å². The van der Waals surface area contributed by atoms with Crippen molar-refractivity contribution < 1.29 is 13.9 Å². The van der Waals surface area contributed by atoms with Crippen LogP contribution in [0, 0.1) is 0 Å². The average molecular weight is 309 g/mol. The molecule has 0 aliphatic rings. The third-order valence-corrected chi connectivity index (χ3v) is 2.98. The second-order valence-corrected chi connectivity index (χ2v) is 4.95. The first-order chi connectivity index (χ1) is 10.1. The maximum Gasteiger partial charge on any atom is 0.251 e. The standard InChI is InChI=1S/C15H17ClN2O3/c16-12-7-11(8-13(17)9-12)15(19)18-4-2-5-20-10-14-3-1-6-21-14/h1,3,6-9H,2,4-5,10,17H2,(H,18,19). The Hall–Kier alpha value is -1.98. The third-order valence-electron chi connectivity index (χ3n) is 2.76. The van der Waals surface area contributed by atoms with E-state index in [0.717, 1.165) is 5.76 Å². The molecule has 1 aromatic carbocycles. The number of amides is 1. The number of carbonyl (C=O) groups is 1. The second kappa shape index (κ2) is 7.71. The number of nitrogens with two attached hydrogens (primary N) is 1. The van der Waals surface area contributed by atoms with Gasteiger partial charge in [0.15, 0.2) is 0 Å². The zero-order valence-corrected chi connectivity index (χ0v) is 12.2. The summed E-state index contributed by atoms with van der Waals surface area (Å²) in [6.07, 6.45) is 2.32. The van der Waals surface area contributed by atoms with Crippen LogP contribution in [0.3, 0.4) is 0 Å². The monoisotopic (exact) mass is 308 g/mol. The molecule has 0 saturated carbocycles. The third kappa shape index (κ3) is 5.13. The van der Waals surface area contributed by atoms with Crippen LogP contribution in [-0.2, 0) is 11.3 Å². The summed E-state index contributed by atoms with van der Waals surface area (Å²) in [7, 11) is 0. The maximum absolute atomic E-state index is 11.9. The van der Waals surface area contributed by atoms with Crippen LogP contribution in [0.4, 0.5) is 5.69 Å². The van der Waals surface area contributed by atoms with Crippen molar-refractivity contribution in [2.75, 3.05) is 18.9 Å².